The van der Waals surface area contributed by atoms with Crippen molar-refractivity contribution in [2.75, 3.05) is 0 Å². The summed E-state index contributed by atoms with van der Waals surface area (Å²) in [6, 6.07) is 20.9. The molecule has 120 valence electrons. The summed E-state index contributed by atoms with van der Waals surface area (Å²) in [7, 11) is 0. The second-order valence-corrected chi connectivity index (χ2v) is 7.99. The summed E-state index contributed by atoms with van der Waals surface area (Å²) in [5.74, 6) is 0. The van der Waals surface area contributed by atoms with Gasteiger partial charge in [-0.05, 0) is 0 Å². The second-order valence-electron chi connectivity index (χ2n) is 5.70. The molecule has 0 bridgehead atoms. The first kappa shape index (κ1) is 16.5. The number of rotatable bonds is 6. The number of allylic oxidation sites excluding steroid dienone is 1. The molecule has 0 amide bonds. The number of hydrogen-bond acceptors (Lipinski definition) is 2. The van der Waals surface area contributed by atoms with Gasteiger partial charge in [0.25, 0.3) is 0 Å². The third-order valence-electron chi connectivity index (χ3n) is 3.97. The molecule has 0 saturated carbocycles. The van der Waals surface area contributed by atoms with E-state index in [1.165, 1.54) is 10.0 Å². The van der Waals surface area contributed by atoms with Gasteiger partial charge in [-0.25, -0.2) is 0 Å². The van der Waals surface area contributed by atoms with Gasteiger partial charge in [0.2, 0.25) is 0 Å². The first-order chi connectivity index (χ1) is 11.3. The Morgan fingerprint density at radius 2 is 1.74 bits per heavy atom. The van der Waals surface area contributed by atoms with E-state index in [1.54, 1.807) is 0 Å². The molecule has 0 unspecified atom stereocenters. The van der Waals surface area contributed by atoms with Gasteiger partial charge in [-0.1, -0.05) is 0 Å². The molecule has 0 radical (unpaired) electrons. The monoisotopic (exact) mass is 374 g/mol. The summed E-state index contributed by atoms with van der Waals surface area (Å²) in [6.45, 7) is 0. The Bertz CT molecular complexity index is 612. The van der Waals surface area contributed by atoms with Crippen molar-refractivity contribution >= 4 is 19.4 Å². The minimum absolute atomic E-state index is 0.0267. The summed E-state index contributed by atoms with van der Waals surface area (Å²) in [5, 5.41) is 11.1. The molecule has 0 aliphatic heterocycles. The van der Waals surface area contributed by atoms with Crippen molar-refractivity contribution in [1.82, 2.24) is 0 Å². The van der Waals surface area contributed by atoms with Crippen LogP contribution in [0.4, 0.5) is 0 Å². The molecule has 0 spiro atoms. The molecule has 0 aromatic heterocycles. The molecule has 23 heavy (non-hydrogen) atoms. The standard InChI is InChI=1S/C20H22O2Se/c21-18-13-7-8-14-19(18)22-20(16-9-3-1-4-10-16)15-23-17-11-5-2-6-12-17/h1-6,8-12,14,18-21H,7,13,15H2/t18-,19+,20+/m0/s1. The molecule has 3 heteroatoms. The van der Waals surface area contributed by atoms with E-state index in [4.69, 9.17) is 4.74 Å². The van der Waals surface area contributed by atoms with Gasteiger partial charge in [0.05, 0.1) is 0 Å². The Hall–Kier alpha value is -1.38. The molecule has 3 rings (SSSR count). The molecule has 0 saturated heterocycles. The third-order valence-corrected chi connectivity index (χ3v) is 6.23. The van der Waals surface area contributed by atoms with Gasteiger partial charge in [-0.15, -0.1) is 0 Å². The summed E-state index contributed by atoms with van der Waals surface area (Å²) < 4.78 is 7.67. The van der Waals surface area contributed by atoms with E-state index in [0.717, 1.165) is 18.2 Å². The Kier molecular flexibility index (Phi) is 6.06. The first-order valence-electron chi connectivity index (χ1n) is 8.06. The van der Waals surface area contributed by atoms with Gasteiger partial charge in [0.15, 0.2) is 0 Å². The number of ether oxygens (including phenoxy) is 1. The molecule has 2 nitrogen and oxygen atoms in total. The molecule has 2 aromatic rings. The zero-order chi connectivity index (χ0) is 15.9. The van der Waals surface area contributed by atoms with Crippen molar-refractivity contribution in [2.24, 2.45) is 0 Å². The van der Waals surface area contributed by atoms with E-state index < -0.39 is 6.10 Å². The molecule has 0 heterocycles. The van der Waals surface area contributed by atoms with Crippen LogP contribution in [0, 0.1) is 0 Å². The number of aliphatic hydroxyl groups excluding tert-OH is 1. The van der Waals surface area contributed by atoms with E-state index in [-0.39, 0.29) is 12.2 Å². The van der Waals surface area contributed by atoms with Crippen LogP contribution in [0.25, 0.3) is 0 Å². The summed E-state index contributed by atoms with van der Waals surface area (Å²) in [5.41, 5.74) is 1.19. The van der Waals surface area contributed by atoms with Crippen LogP contribution < -0.4 is 4.46 Å². The minimum atomic E-state index is -0.393. The van der Waals surface area contributed by atoms with E-state index in [1.807, 2.05) is 30.3 Å². The SMILES string of the molecule is O[C@H]1CCC=C[C@H]1O[C@H](C[Se]c1ccccc1)c1ccccc1. The molecule has 2 aromatic carbocycles. The zero-order valence-corrected chi connectivity index (χ0v) is 14.8. The van der Waals surface area contributed by atoms with Crippen molar-refractivity contribution in [1.29, 1.82) is 0 Å². The van der Waals surface area contributed by atoms with Gasteiger partial charge in [-0.2, -0.15) is 0 Å². The Balaban J connectivity index is 1.71. The van der Waals surface area contributed by atoms with Crippen molar-refractivity contribution in [2.45, 2.75) is 36.5 Å². The van der Waals surface area contributed by atoms with Crippen LogP contribution in [-0.2, 0) is 4.74 Å². The van der Waals surface area contributed by atoms with E-state index in [0.29, 0.717) is 15.0 Å². The molecular weight excluding hydrogens is 351 g/mol. The molecule has 1 aliphatic carbocycles. The van der Waals surface area contributed by atoms with Crippen molar-refractivity contribution in [3.05, 3.63) is 78.4 Å². The van der Waals surface area contributed by atoms with Gasteiger partial charge >= 0.3 is 144 Å². The number of aliphatic hydroxyl groups is 1. The predicted molar refractivity (Wildman–Crippen MR) is 95.1 cm³/mol. The van der Waals surface area contributed by atoms with E-state index in [9.17, 15) is 5.11 Å². The fourth-order valence-corrected chi connectivity index (χ4v) is 4.71. The Labute approximate surface area is 144 Å². The summed E-state index contributed by atoms with van der Waals surface area (Å²) in [6.07, 6.45) is 5.29. The maximum atomic E-state index is 10.2. The number of hydrogen-bond donors (Lipinski definition) is 1. The third kappa shape index (κ3) is 4.79. The quantitative estimate of drug-likeness (QED) is 0.622. The first-order valence-corrected chi connectivity index (χ1v) is 10.1. The molecule has 1 aliphatic rings. The van der Waals surface area contributed by atoms with Crippen molar-refractivity contribution in [3.63, 3.8) is 0 Å². The van der Waals surface area contributed by atoms with Gasteiger partial charge in [0, 0.05) is 0 Å². The van der Waals surface area contributed by atoms with Crippen molar-refractivity contribution in [3.8, 4) is 0 Å². The van der Waals surface area contributed by atoms with Crippen LogP contribution in [0.5, 0.6) is 0 Å². The second kappa shape index (κ2) is 8.47. The van der Waals surface area contributed by atoms with Crippen LogP contribution in [0.15, 0.2) is 72.8 Å². The van der Waals surface area contributed by atoms with E-state index in [2.05, 4.69) is 42.5 Å². The zero-order valence-electron chi connectivity index (χ0n) is 13.0. The molecular formula is C20H22O2Se. The fraction of sp³-hybridized carbons (Fsp3) is 0.300. The van der Waals surface area contributed by atoms with Crippen molar-refractivity contribution < 1.29 is 9.84 Å². The van der Waals surface area contributed by atoms with Gasteiger partial charge < -0.3 is 0 Å². The van der Waals surface area contributed by atoms with E-state index >= 15 is 0 Å². The molecule has 0 fully saturated rings. The Morgan fingerprint density at radius 1 is 1.04 bits per heavy atom. The van der Waals surface area contributed by atoms with Crippen LogP contribution >= 0.6 is 0 Å². The number of benzene rings is 2. The summed E-state index contributed by atoms with van der Waals surface area (Å²) in [4.78, 5) is 0. The van der Waals surface area contributed by atoms with Crippen LogP contribution in [0.3, 0.4) is 0 Å². The average molecular weight is 373 g/mol. The molecule has 1 N–H and O–H groups in total. The maximum absolute atomic E-state index is 10.2. The van der Waals surface area contributed by atoms with Gasteiger partial charge in [-0.3, -0.25) is 0 Å². The average Bonchev–Trinajstić information content (AvgIpc) is 2.62. The predicted octanol–water partition coefficient (Wildman–Crippen LogP) is 3.27. The topological polar surface area (TPSA) is 29.5 Å². The van der Waals surface area contributed by atoms with Crippen LogP contribution in [0.2, 0.25) is 5.32 Å². The fourth-order valence-electron chi connectivity index (χ4n) is 2.69. The van der Waals surface area contributed by atoms with Gasteiger partial charge in [0.1, 0.15) is 0 Å². The van der Waals surface area contributed by atoms with Crippen LogP contribution in [-0.4, -0.2) is 32.3 Å². The van der Waals surface area contributed by atoms with Crippen LogP contribution in [0.1, 0.15) is 24.5 Å². The normalized spacial score (nSPS) is 22.0. The molecule has 3 atom stereocenters. The summed E-state index contributed by atoms with van der Waals surface area (Å²) >= 11 is 0.352. The Morgan fingerprint density at radius 3 is 2.43 bits per heavy atom.